The van der Waals surface area contributed by atoms with Crippen molar-refractivity contribution in [3.63, 3.8) is 0 Å². The number of rotatable bonds is 9. The first-order valence-corrected chi connectivity index (χ1v) is 13.8. The molecule has 1 aromatic carbocycles. The van der Waals surface area contributed by atoms with E-state index < -0.39 is 39.8 Å². The molecule has 1 atom stereocenters. The van der Waals surface area contributed by atoms with Crippen LogP contribution in [0, 0.1) is 11.6 Å². The van der Waals surface area contributed by atoms with Gasteiger partial charge in [-0.15, -0.1) is 0 Å². The molecule has 0 radical (unpaired) electrons. The maximum atomic E-state index is 13.9. The van der Waals surface area contributed by atoms with Crippen LogP contribution in [0.4, 0.5) is 25.1 Å². The molecular formula is C26H28F2N6O5S. The summed E-state index contributed by atoms with van der Waals surface area (Å²) in [5.74, 6) is -1.89. The molecule has 4 rings (SSSR count). The van der Waals surface area contributed by atoms with Crippen molar-refractivity contribution in [1.82, 2.24) is 20.0 Å². The molecular weight excluding hydrogens is 546 g/mol. The van der Waals surface area contributed by atoms with E-state index in [2.05, 4.69) is 15.3 Å². The van der Waals surface area contributed by atoms with Crippen LogP contribution >= 0.6 is 0 Å². The molecule has 0 spiro atoms. The third-order valence-electron chi connectivity index (χ3n) is 5.96. The second-order valence-corrected chi connectivity index (χ2v) is 10.9. The van der Waals surface area contributed by atoms with Gasteiger partial charge in [-0.2, -0.15) is 8.42 Å². The average Bonchev–Trinajstić information content (AvgIpc) is 3.32. The topological polar surface area (TPSA) is 134 Å². The summed E-state index contributed by atoms with van der Waals surface area (Å²) in [6, 6.07) is 6.65. The molecule has 0 aliphatic carbocycles. The number of hydrogen-bond donors (Lipinski definition) is 2. The summed E-state index contributed by atoms with van der Waals surface area (Å²) in [6.45, 7) is 3.74. The van der Waals surface area contributed by atoms with Crippen molar-refractivity contribution in [3.05, 3.63) is 77.6 Å². The summed E-state index contributed by atoms with van der Waals surface area (Å²) in [5, 5.41) is 2.34. The summed E-state index contributed by atoms with van der Waals surface area (Å²) in [4.78, 5) is 35.8. The van der Waals surface area contributed by atoms with Gasteiger partial charge in [0.25, 0.3) is 0 Å². The number of anilines is 2. The number of carbonyl (C=O) groups is 2. The Morgan fingerprint density at radius 2 is 1.85 bits per heavy atom. The second-order valence-electron chi connectivity index (χ2n) is 9.34. The minimum atomic E-state index is -4.38. The molecule has 1 aliphatic heterocycles. The van der Waals surface area contributed by atoms with Gasteiger partial charge in [-0.1, -0.05) is 6.07 Å². The molecule has 0 saturated heterocycles. The van der Waals surface area contributed by atoms with Crippen molar-refractivity contribution in [3.8, 4) is 5.88 Å². The van der Waals surface area contributed by atoms with Crippen molar-refractivity contribution in [1.29, 1.82) is 0 Å². The first kappa shape index (κ1) is 28.7. The Labute approximate surface area is 230 Å². The standard InChI is InChI=1S/C26H28F2N6O5S/c1-16(2)39-23-7-6-21(15-30-23)33(3)25(35)22(13-17-11-19(27)14-20(28)12-17)31-26(36)32-40(37,38)34-10-8-18-5-4-9-29-24(18)34/h4-7,9,11-12,14-16,22H,8,10,13H2,1-3H3,(H2,31,32,36). The van der Waals surface area contributed by atoms with E-state index in [0.717, 1.165) is 16.4 Å². The number of urea groups is 1. The van der Waals surface area contributed by atoms with E-state index in [9.17, 15) is 26.8 Å². The van der Waals surface area contributed by atoms with Gasteiger partial charge in [-0.05, 0) is 55.7 Å². The van der Waals surface area contributed by atoms with E-state index in [1.807, 2.05) is 18.6 Å². The molecule has 0 saturated carbocycles. The van der Waals surface area contributed by atoms with Crippen LogP contribution in [0.5, 0.6) is 5.88 Å². The van der Waals surface area contributed by atoms with Crippen LogP contribution in [0.15, 0.2) is 54.9 Å². The van der Waals surface area contributed by atoms with Gasteiger partial charge in [0.05, 0.1) is 18.0 Å². The monoisotopic (exact) mass is 574 g/mol. The number of carbonyl (C=O) groups excluding carboxylic acids is 2. The lowest BCUT2D eigenvalue weighted by Crippen LogP contribution is -2.54. The van der Waals surface area contributed by atoms with Crippen LogP contribution in [-0.2, 0) is 27.8 Å². The van der Waals surface area contributed by atoms with Crippen LogP contribution in [0.2, 0.25) is 0 Å². The minimum absolute atomic E-state index is 0.0730. The zero-order chi connectivity index (χ0) is 29.0. The Bertz CT molecular complexity index is 1480. The van der Waals surface area contributed by atoms with Crippen LogP contribution in [0.1, 0.15) is 25.0 Å². The lowest BCUT2D eigenvalue weighted by Gasteiger charge is -2.25. The molecule has 2 aromatic heterocycles. The predicted molar refractivity (Wildman–Crippen MR) is 143 cm³/mol. The number of ether oxygens (including phenoxy) is 1. The van der Waals surface area contributed by atoms with Gasteiger partial charge in [0.1, 0.15) is 23.5 Å². The molecule has 1 unspecified atom stereocenters. The Hall–Kier alpha value is -4.33. The number of hydrogen-bond acceptors (Lipinski definition) is 7. The van der Waals surface area contributed by atoms with Crippen LogP contribution < -0.4 is 24.0 Å². The molecule has 2 N–H and O–H groups in total. The van der Waals surface area contributed by atoms with Crippen molar-refractivity contribution in [2.75, 3.05) is 22.8 Å². The first-order valence-electron chi connectivity index (χ1n) is 12.3. The predicted octanol–water partition coefficient (Wildman–Crippen LogP) is 2.72. The molecule has 11 nitrogen and oxygen atoms in total. The molecule has 40 heavy (non-hydrogen) atoms. The number of likely N-dealkylation sites (N-methyl/N-ethyl adjacent to an activating group) is 1. The number of amides is 3. The van der Waals surface area contributed by atoms with E-state index in [-0.39, 0.29) is 30.5 Å². The quantitative estimate of drug-likeness (QED) is 0.401. The maximum absolute atomic E-state index is 13.9. The number of halogens is 2. The number of fused-ring (bicyclic) bond motifs is 1. The average molecular weight is 575 g/mol. The number of benzene rings is 1. The van der Waals surface area contributed by atoms with Gasteiger partial charge in [-0.3, -0.25) is 4.79 Å². The van der Waals surface area contributed by atoms with Crippen molar-refractivity contribution >= 4 is 33.7 Å². The number of aromatic nitrogens is 2. The van der Waals surface area contributed by atoms with Crippen LogP contribution in [0.3, 0.4) is 0 Å². The molecule has 0 bridgehead atoms. The van der Waals surface area contributed by atoms with E-state index in [1.54, 1.807) is 24.3 Å². The minimum Gasteiger partial charge on any atom is -0.475 e. The van der Waals surface area contributed by atoms with Crippen LogP contribution in [-0.4, -0.2) is 56.1 Å². The third kappa shape index (κ3) is 6.81. The Morgan fingerprint density at radius 3 is 2.50 bits per heavy atom. The van der Waals surface area contributed by atoms with Crippen molar-refractivity contribution in [2.45, 2.75) is 38.8 Å². The zero-order valence-corrected chi connectivity index (χ0v) is 22.8. The fraction of sp³-hybridized carbons (Fsp3) is 0.308. The summed E-state index contributed by atoms with van der Waals surface area (Å²) in [7, 11) is -2.96. The molecule has 3 aromatic rings. The second kappa shape index (κ2) is 11.8. The fourth-order valence-electron chi connectivity index (χ4n) is 4.18. The summed E-state index contributed by atoms with van der Waals surface area (Å²) < 4.78 is 62.0. The van der Waals surface area contributed by atoms with Gasteiger partial charge < -0.3 is 15.0 Å². The normalized spacial score (nSPS) is 13.5. The van der Waals surface area contributed by atoms with Gasteiger partial charge >= 0.3 is 16.2 Å². The molecule has 3 heterocycles. The molecule has 3 amide bonds. The summed E-state index contributed by atoms with van der Waals surface area (Å²) in [6.07, 6.45) is 2.79. The van der Waals surface area contributed by atoms with E-state index in [0.29, 0.717) is 29.6 Å². The number of pyridine rings is 2. The molecule has 1 aliphatic rings. The highest BCUT2D eigenvalue weighted by molar-refractivity contribution is 7.91. The van der Waals surface area contributed by atoms with Gasteiger partial charge in [0, 0.05) is 38.3 Å². The number of nitrogens with one attached hydrogen (secondary N) is 2. The fourth-order valence-corrected chi connectivity index (χ4v) is 5.31. The Balaban J connectivity index is 1.54. The summed E-state index contributed by atoms with van der Waals surface area (Å²) >= 11 is 0. The SMILES string of the molecule is CC(C)Oc1ccc(N(C)C(=O)C(Cc2cc(F)cc(F)c2)NC(=O)NS(=O)(=O)N2CCc3cccnc32)cn1. The van der Waals surface area contributed by atoms with E-state index in [1.165, 1.54) is 24.3 Å². The Kier molecular flexibility index (Phi) is 8.47. The largest absolute Gasteiger partial charge is 0.475 e. The molecule has 212 valence electrons. The third-order valence-corrected chi connectivity index (χ3v) is 7.34. The van der Waals surface area contributed by atoms with Gasteiger partial charge in [-0.25, -0.2) is 32.6 Å². The smallest absolute Gasteiger partial charge is 0.330 e. The molecule has 0 fully saturated rings. The summed E-state index contributed by atoms with van der Waals surface area (Å²) in [5.41, 5.74) is 1.12. The number of nitrogens with zero attached hydrogens (tertiary/aromatic N) is 4. The van der Waals surface area contributed by atoms with Crippen molar-refractivity contribution in [2.24, 2.45) is 0 Å². The van der Waals surface area contributed by atoms with E-state index >= 15 is 0 Å². The molecule has 14 heteroatoms. The van der Waals surface area contributed by atoms with Gasteiger partial charge in [0.15, 0.2) is 0 Å². The lowest BCUT2D eigenvalue weighted by molar-refractivity contribution is -0.120. The van der Waals surface area contributed by atoms with Crippen molar-refractivity contribution < 1.29 is 31.5 Å². The lowest BCUT2D eigenvalue weighted by atomic mass is 10.0. The maximum Gasteiger partial charge on any atom is 0.330 e. The zero-order valence-electron chi connectivity index (χ0n) is 22.0. The first-order chi connectivity index (χ1) is 18.9. The van der Waals surface area contributed by atoms with E-state index in [4.69, 9.17) is 4.74 Å². The van der Waals surface area contributed by atoms with Gasteiger partial charge in [0.2, 0.25) is 11.8 Å². The highest BCUT2D eigenvalue weighted by Gasteiger charge is 2.33. The highest BCUT2D eigenvalue weighted by Crippen LogP contribution is 2.26. The Morgan fingerprint density at radius 1 is 1.12 bits per heavy atom. The van der Waals surface area contributed by atoms with Crippen LogP contribution in [0.25, 0.3) is 0 Å². The highest BCUT2D eigenvalue weighted by atomic mass is 32.2.